The number of aliphatic carboxylic acids is 1. The molecule has 0 radical (unpaired) electrons. The smallest absolute Gasteiger partial charge is 0.308 e. The third-order valence-corrected chi connectivity index (χ3v) is 4.64. The van der Waals surface area contributed by atoms with Crippen LogP contribution in [0.2, 0.25) is 0 Å². The van der Waals surface area contributed by atoms with Crippen LogP contribution in [0.3, 0.4) is 0 Å². The molecule has 2 N–H and O–H groups in total. The average Bonchev–Trinajstić information content (AvgIpc) is 3.19. The van der Waals surface area contributed by atoms with Crippen molar-refractivity contribution in [1.82, 2.24) is 15.1 Å². The van der Waals surface area contributed by atoms with Gasteiger partial charge < -0.3 is 10.4 Å². The van der Waals surface area contributed by atoms with Crippen LogP contribution in [-0.4, -0.2) is 38.2 Å². The highest BCUT2D eigenvalue weighted by Crippen LogP contribution is 2.21. The van der Waals surface area contributed by atoms with Gasteiger partial charge in [-0.2, -0.15) is 5.10 Å². The van der Waals surface area contributed by atoms with Crippen molar-refractivity contribution in [2.45, 2.75) is 19.4 Å². The van der Waals surface area contributed by atoms with E-state index in [0.717, 1.165) is 22.5 Å². The number of nitrogens with zero attached hydrogens (tertiary/aromatic N) is 3. The highest BCUT2D eigenvalue weighted by atomic mass is 16.6. The van der Waals surface area contributed by atoms with E-state index < -0.39 is 16.8 Å². The maximum atomic E-state index is 12.1. The molecule has 1 unspecified atom stereocenters. The van der Waals surface area contributed by atoms with Gasteiger partial charge in [0.15, 0.2) is 0 Å². The molecule has 0 aliphatic heterocycles. The van der Waals surface area contributed by atoms with Gasteiger partial charge in [-0.15, -0.1) is 0 Å². The number of carboxylic acid groups (broad SMARTS) is 1. The first-order valence-corrected chi connectivity index (χ1v) is 9.07. The fraction of sp³-hybridized carbons (Fsp3) is 0.250. The number of carboxylic acids is 1. The van der Waals surface area contributed by atoms with E-state index >= 15 is 0 Å². The Balaban J connectivity index is 1.57. The van der Waals surface area contributed by atoms with Gasteiger partial charge in [-0.25, -0.2) is 0 Å². The number of benzene rings is 2. The lowest BCUT2D eigenvalue weighted by Crippen LogP contribution is -2.34. The number of amides is 1. The lowest BCUT2D eigenvalue weighted by molar-refractivity contribution is -0.385. The molecule has 9 nitrogen and oxygen atoms in total. The first-order chi connectivity index (χ1) is 13.9. The topological polar surface area (TPSA) is 127 Å². The molecule has 1 aromatic heterocycles. The Morgan fingerprint density at radius 3 is 2.69 bits per heavy atom. The normalized spacial score (nSPS) is 11.9. The Labute approximate surface area is 166 Å². The molecule has 1 heterocycles. The number of aromatic nitrogens is 2. The molecule has 0 aliphatic carbocycles. The van der Waals surface area contributed by atoms with Crippen LogP contribution in [0, 0.1) is 16.0 Å². The molecule has 3 aromatic rings. The summed E-state index contributed by atoms with van der Waals surface area (Å²) in [5.74, 6) is -2.09. The van der Waals surface area contributed by atoms with Crippen molar-refractivity contribution in [3.05, 3.63) is 70.5 Å². The molecule has 0 bridgehead atoms. The van der Waals surface area contributed by atoms with E-state index in [0.29, 0.717) is 6.42 Å². The third-order valence-electron chi connectivity index (χ3n) is 4.64. The van der Waals surface area contributed by atoms with Gasteiger partial charge in [0.25, 0.3) is 0 Å². The summed E-state index contributed by atoms with van der Waals surface area (Å²) < 4.78 is 1.31. The summed E-state index contributed by atoms with van der Waals surface area (Å²) in [6, 6.07) is 13.5. The first-order valence-electron chi connectivity index (χ1n) is 9.07. The zero-order chi connectivity index (χ0) is 20.8. The van der Waals surface area contributed by atoms with Crippen molar-refractivity contribution in [3.63, 3.8) is 0 Å². The predicted molar refractivity (Wildman–Crippen MR) is 105 cm³/mol. The van der Waals surface area contributed by atoms with E-state index in [9.17, 15) is 24.8 Å². The Hall–Kier alpha value is -3.75. The fourth-order valence-corrected chi connectivity index (χ4v) is 3.09. The van der Waals surface area contributed by atoms with Crippen LogP contribution < -0.4 is 5.32 Å². The maximum absolute atomic E-state index is 12.1. The molecule has 150 valence electrons. The van der Waals surface area contributed by atoms with E-state index in [-0.39, 0.29) is 31.1 Å². The highest BCUT2D eigenvalue weighted by molar-refractivity contribution is 5.86. The van der Waals surface area contributed by atoms with Crippen molar-refractivity contribution in [1.29, 1.82) is 0 Å². The highest BCUT2D eigenvalue weighted by Gasteiger charge is 2.20. The van der Waals surface area contributed by atoms with Crippen molar-refractivity contribution >= 4 is 28.3 Å². The minimum atomic E-state index is -0.985. The van der Waals surface area contributed by atoms with Crippen LogP contribution in [0.4, 0.5) is 5.69 Å². The summed E-state index contributed by atoms with van der Waals surface area (Å²) in [6.45, 7) is 0.164. The number of carbonyl (C=O) groups excluding carboxylic acids is 1. The van der Waals surface area contributed by atoms with Crippen LogP contribution >= 0.6 is 0 Å². The van der Waals surface area contributed by atoms with Gasteiger partial charge in [-0.05, 0) is 22.8 Å². The van der Waals surface area contributed by atoms with Crippen LogP contribution in [0.15, 0.2) is 54.9 Å². The monoisotopic (exact) mass is 396 g/mol. The zero-order valence-corrected chi connectivity index (χ0v) is 15.5. The number of nitrogens with one attached hydrogen (secondary N) is 1. The Morgan fingerprint density at radius 2 is 1.97 bits per heavy atom. The molecule has 9 heteroatoms. The molecule has 0 fully saturated rings. The summed E-state index contributed by atoms with van der Waals surface area (Å²) >= 11 is 0. The van der Waals surface area contributed by atoms with Gasteiger partial charge in [0.2, 0.25) is 5.91 Å². The van der Waals surface area contributed by atoms with E-state index in [4.69, 9.17) is 0 Å². The SMILES string of the molecule is O=C(CCn1cc([N+](=O)[O-])cn1)NCC(Cc1cccc2ccccc12)C(=O)O. The van der Waals surface area contributed by atoms with Crippen LogP contribution in [0.25, 0.3) is 10.8 Å². The number of aryl methyl sites for hydroxylation is 1. The third kappa shape index (κ3) is 5.16. The largest absolute Gasteiger partial charge is 0.481 e. The first kappa shape index (κ1) is 20.0. The molecule has 0 aliphatic rings. The molecular weight excluding hydrogens is 376 g/mol. The minimum absolute atomic E-state index is 0.00333. The number of carbonyl (C=O) groups is 2. The number of hydrogen-bond donors (Lipinski definition) is 2. The Morgan fingerprint density at radius 1 is 1.21 bits per heavy atom. The van der Waals surface area contributed by atoms with E-state index in [2.05, 4.69) is 10.4 Å². The lowest BCUT2D eigenvalue weighted by atomic mass is 9.95. The van der Waals surface area contributed by atoms with E-state index in [1.807, 2.05) is 42.5 Å². The van der Waals surface area contributed by atoms with Crippen LogP contribution in [0.1, 0.15) is 12.0 Å². The van der Waals surface area contributed by atoms with E-state index in [1.165, 1.54) is 10.9 Å². The van der Waals surface area contributed by atoms with Gasteiger partial charge in [-0.1, -0.05) is 42.5 Å². The van der Waals surface area contributed by atoms with Gasteiger partial charge in [0.05, 0.1) is 10.8 Å². The van der Waals surface area contributed by atoms with Gasteiger partial charge in [0.1, 0.15) is 12.4 Å². The average molecular weight is 396 g/mol. The molecule has 0 saturated heterocycles. The number of fused-ring (bicyclic) bond motifs is 1. The maximum Gasteiger partial charge on any atom is 0.308 e. The van der Waals surface area contributed by atoms with E-state index in [1.54, 1.807) is 0 Å². The molecule has 1 amide bonds. The van der Waals surface area contributed by atoms with Crippen molar-refractivity contribution in [2.75, 3.05) is 6.54 Å². The quantitative estimate of drug-likeness (QED) is 0.422. The number of hydrogen-bond acceptors (Lipinski definition) is 5. The Bertz CT molecular complexity index is 1040. The second-order valence-corrected chi connectivity index (χ2v) is 6.65. The van der Waals surface area contributed by atoms with Crippen LogP contribution in [0.5, 0.6) is 0 Å². The predicted octanol–water partition coefficient (Wildman–Crippen LogP) is 2.39. The van der Waals surface area contributed by atoms with Crippen molar-refractivity contribution < 1.29 is 19.6 Å². The van der Waals surface area contributed by atoms with Crippen molar-refractivity contribution in [2.24, 2.45) is 5.92 Å². The molecule has 2 aromatic carbocycles. The standard InChI is InChI=1S/C20H20N4O5/c25-19(8-9-23-13-17(12-22-23)24(28)29)21-11-16(20(26)27)10-15-6-3-5-14-4-1-2-7-18(14)15/h1-7,12-13,16H,8-11H2,(H,21,25)(H,26,27). The fourth-order valence-electron chi connectivity index (χ4n) is 3.09. The molecule has 29 heavy (non-hydrogen) atoms. The minimum Gasteiger partial charge on any atom is -0.481 e. The zero-order valence-electron chi connectivity index (χ0n) is 15.5. The summed E-state index contributed by atoms with van der Waals surface area (Å²) in [5, 5.41) is 28.7. The molecule has 0 spiro atoms. The van der Waals surface area contributed by atoms with Crippen LogP contribution in [-0.2, 0) is 22.6 Å². The van der Waals surface area contributed by atoms with Gasteiger partial charge >= 0.3 is 11.7 Å². The lowest BCUT2D eigenvalue weighted by Gasteiger charge is -2.15. The number of nitro groups is 1. The molecule has 1 atom stereocenters. The van der Waals surface area contributed by atoms with Gasteiger partial charge in [-0.3, -0.25) is 24.4 Å². The summed E-state index contributed by atoms with van der Waals surface area (Å²) in [5.41, 5.74) is 0.764. The second kappa shape index (κ2) is 8.96. The molecular formula is C20H20N4O5. The van der Waals surface area contributed by atoms with Crippen molar-refractivity contribution in [3.8, 4) is 0 Å². The summed E-state index contributed by atoms with van der Waals surface area (Å²) in [4.78, 5) is 33.8. The second-order valence-electron chi connectivity index (χ2n) is 6.65. The number of rotatable bonds is 9. The summed E-state index contributed by atoms with van der Waals surface area (Å²) in [7, 11) is 0. The molecule has 3 rings (SSSR count). The summed E-state index contributed by atoms with van der Waals surface area (Å²) in [6.07, 6.45) is 2.69. The molecule has 0 saturated carbocycles. The Kier molecular flexibility index (Phi) is 6.18. The van der Waals surface area contributed by atoms with Gasteiger partial charge in [0, 0.05) is 19.5 Å².